The van der Waals surface area contributed by atoms with Crippen LogP contribution < -0.4 is 10.9 Å². The molecule has 0 aromatic rings. The molecule has 0 aromatic carbocycles. The second-order valence-corrected chi connectivity index (χ2v) is 5.70. The van der Waals surface area contributed by atoms with E-state index < -0.39 is 0 Å². The number of ether oxygens (including phenoxy) is 1. The van der Waals surface area contributed by atoms with Gasteiger partial charge in [-0.1, -0.05) is 34.6 Å². The lowest BCUT2D eigenvalue weighted by Crippen LogP contribution is -2.60. The van der Waals surface area contributed by atoms with Gasteiger partial charge in [0.25, 0.3) is 0 Å². The molecule has 1 heterocycles. The molecular weight excluding hydrogens is 192 g/mol. The van der Waals surface area contributed by atoms with Gasteiger partial charge in [-0.25, -0.2) is 10.9 Å². The minimum absolute atomic E-state index is 0.143. The third-order valence-electron chi connectivity index (χ3n) is 2.38. The molecule has 1 aliphatic heterocycles. The molecule has 2 N–H and O–H groups in total. The third kappa shape index (κ3) is 3.80. The van der Waals surface area contributed by atoms with Gasteiger partial charge in [-0.3, -0.25) is 4.79 Å². The van der Waals surface area contributed by atoms with E-state index >= 15 is 0 Å². The number of carbonyl (C=O) groups is 1. The Hall–Kier alpha value is -0.610. The average Bonchev–Trinajstić information content (AvgIpc) is 1.99. The van der Waals surface area contributed by atoms with Crippen molar-refractivity contribution in [1.82, 2.24) is 10.9 Å². The molecule has 1 unspecified atom stereocenters. The number of hydrogen-bond acceptors (Lipinski definition) is 4. The summed E-state index contributed by atoms with van der Waals surface area (Å²) in [5.41, 5.74) is 6.20. The van der Waals surface area contributed by atoms with E-state index in [2.05, 4.69) is 31.6 Å². The molecule has 1 saturated heterocycles. The minimum Gasteiger partial charge on any atom is -0.444 e. The van der Waals surface area contributed by atoms with Gasteiger partial charge < -0.3 is 4.74 Å². The zero-order chi connectivity index (χ0) is 11.6. The molecule has 88 valence electrons. The molecule has 1 rings (SSSR count). The van der Waals surface area contributed by atoms with Crippen LogP contribution in [0.1, 0.15) is 41.0 Å². The van der Waals surface area contributed by atoms with Gasteiger partial charge in [0.2, 0.25) is 0 Å². The Balaban J connectivity index is 2.48. The van der Waals surface area contributed by atoms with Gasteiger partial charge in [0.05, 0.1) is 0 Å². The Morgan fingerprint density at radius 1 is 1.33 bits per heavy atom. The summed E-state index contributed by atoms with van der Waals surface area (Å²) in [4.78, 5) is 11.6. The highest BCUT2D eigenvalue weighted by atomic mass is 16.6. The molecule has 0 bridgehead atoms. The Kier molecular flexibility index (Phi) is 3.73. The van der Waals surface area contributed by atoms with Crippen molar-refractivity contribution in [3.8, 4) is 0 Å². The van der Waals surface area contributed by atoms with Gasteiger partial charge in [-0.2, -0.15) is 0 Å². The first-order valence-corrected chi connectivity index (χ1v) is 5.51. The Morgan fingerprint density at radius 2 is 1.93 bits per heavy atom. The molecule has 4 nitrogen and oxygen atoms in total. The van der Waals surface area contributed by atoms with Crippen molar-refractivity contribution >= 4 is 5.97 Å². The number of carbonyl (C=O) groups excluding carboxylic acids is 1. The Morgan fingerprint density at radius 3 is 2.33 bits per heavy atom. The standard InChI is InChI=1S/C11H22N2O2/c1-7(2)9-10(14)15-8(12-13-9)6-11(3,4)5/h7-9,12-13H,6H2,1-5H3/t8?,9-/m0/s1. The molecule has 1 aliphatic rings. The molecule has 15 heavy (non-hydrogen) atoms. The van der Waals surface area contributed by atoms with E-state index in [4.69, 9.17) is 4.74 Å². The Bertz CT molecular complexity index is 233. The number of hydrogen-bond donors (Lipinski definition) is 2. The summed E-state index contributed by atoms with van der Waals surface area (Å²) in [6.07, 6.45) is 0.587. The van der Waals surface area contributed by atoms with E-state index in [1.165, 1.54) is 0 Å². The molecule has 4 heteroatoms. The normalized spacial score (nSPS) is 28.0. The van der Waals surface area contributed by atoms with Gasteiger partial charge >= 0.3 is 5.97 Å². The van der Waals surface area contributed by atoms with Gasteiger partial charge in [0, 0.05) is 6.42 Å². The van der Waals surface area contributed by atoms with Crippen molar-refractivity contribution < 1.29 is 9.53 Å². The summed E-state index contributed by atoms with van der Waals surface area (Å²) in [5.74, 6) is 0.0820. The fourth-order valence-corrected chi connectivity index (χ4v) is 1.57. The SMILES string of the molecule is CC(C)[C@@H]1NNC(CC(C)(C)C)OC1=O. The highest BCUT2D eigenvalue weighted by Gasteiger charge is 2.33. The van der Waals surface area contributed by atoms with Crippen LogP contribution in [0, 0.1) is 11.3 Å². The van der Waals surface area contributed by atoms with Crippen LogP contribution in [0.3, 0.4) is 0 Å². The fraction of sp³-hybridized carbons (Fsp3) is 0.909. The van der Waals surface area contributed by atoms with Crippen LogP contribution in [-0.2, 0) is 9.53 Å². The number of nitrogens with one attached hydrogen (secondary N) is 2. The van der Waals surface area contributed by atoms with Crippen LogP contribution in [0.15, 0.2) is 0 Å². The summed E-state index contributed by atoms with van der Waals surface area (Å²) >= 11 is 0. The van der Waals surface area contributed by atoms with Crippen molar-refractivity contribution in [1.29, 1.82) is 0 Å². The van der Waals surface area contributed by atoms with Crippen LogP contribution in [0.25, 0.3) is 0 Å². The number of esters is 1. The van der Waals surface area contributed by atoms with E-state index in [0.717, 1.165) is 6.42 Å². The average molecular weight is 214 g/mol. The quantitative estimate of drug-likeness (QED) is 0.683. The van der Waals surface area contributed by atoms with Crippen molar-refractivity contribution in [2.75, 3.05) is 0 Å². The monoisotopic (exact) mass is 214 g/mol. The predicted molar refractivity (Wildman–Crippen MR) is 58.8 cm³/mol. The van der Waals surface area contributed by atoms with Crippen LogP contribution in [0.2, 0.25) is 0 Å². The maximum atomic E-state index is 11.6. The van der Waals surface area contributed by atoms with Crippen LogP contribution in [0.4, 0.5) is 0 Å². The summed E-state index contributed by atoms with van der Waals surface area (Å²) in [6, 6.07) is -0.235. The van der Waals surface area contributed by atoms with Crippen LogP contribution in [0.5, 0.6) is 0 Å². The van der Waals surface area contributed by atoms with Crippen LogP contribution in [-0.4, -0.2) is 18.2 Å². The van der Waals surface area contributed by atoms with Crippen molar-refractivity contribution in [3.63, 3.8) is 0 Å². The minimum atomic E-state index is -0.235. The molecule has 0 radical (unpaired) electrons. The highest BCUT2D eigenvalue weighted by Crippen LogP contribution is 2.22. The van der Waals surface area contributed by atoms with Crippen molar-refractivity contribution in [3.05, 3.63) is 0 Å². The molecule has 0 aliphatic carbocycles. The largest absolute Gasteiger partial charge is 0.444 e. The smallest absolute Gasteiger partial charge is 0.326 e. The number of cyclic esters (lactones) is 1. The molecule has 0 aromatic heterocycles. The molecule has 1 fully saturated rings. The second kappa shape index (κ2) is 4.49. The third-order valence-corrected chi connectivity index (χ3v) is 2.38. The van der Waals surface area contributed by atoms with E-state index in [9.17, 15) is 4.79 Å². The summed E-state index contributed by atoms with van der Waals surface area (Å²) in [6.45, 7) is 10.3. The lowest BCUT2D eigenvalue weighted by atomic mass is 9.91. The van der Waals surface area contributed by atoms with Gasteiger partial charge in [-0.05, 0) is 11.3 Å². The zero-order valence-corrected chi connectivity index (χ0v) is 10.3. The summed E-state index contributed by atoms with van der Waals surface area (Å²) in [7, 11) is 0. The van der Waals surface area contributed by atoms with E-state index in [1.54, 1.807) is 0 Å². The predicted octanol–water partition coefficient (Wildman–Crippen LogP) is 1.42. The van der Waals surface area contributed by atoms with Crippen molar-refractivity contribution in [2.45, 2.75) is 53.3 Å². The maximum absolute atomic E-state index is 11.6. The topological polar surface area (TPSA) is 50.4 Å². The molecule has 0 amide bonds. The zero-order valence-electron chi connectivity index (χ0n) is 10.3. The van der Waals surface area contributed by atoms with Gasteiger partial charge in [0.1, 0.15) is 6.04 Å². The van der Waals surface area contributed by atoms with Crippen LogP contribution >= 0.6 is 0 Å². The first kappa shape index (κ1) is 12.5. The van der Waals surface area contributed by atoms with Crippen molar-refractivity contribution in [2.24, 2.45) is 11.3 Å². The number of rotatable bonds is 2. The fourth-order valence-electron chi connectivity index (χ4n) is 1.57. The van der Waals surface area contributed by atoms with E-state index in [-0.39, 0.29) is 29.6 Å². The summed E-state index contributed by atoms with van der Waals surface area (Å²) in [5, 5.41) is 0. The molecule has 2 atom stereocenters. The lowest BCUT2D eigenvalue weighted by molar-refractivity contribution is -0.165. The Labute approximate surface area is 91.7 Å². The number of hydrazine groups is 1. The highest BCUT2D eigenvalue weighted by molar-refractivity contribution is 5.76. The first-order chi connectivity index (χ1) is 6.79. The molecule has 0 saturated carbocycles. The van der Waals surface area contributed by atoms with E-state index in [0.29, 0.717) is 0 Å². The molecular formula is C11H22N2O2. The first-order valence-electron chi connectivity index (χ1n) is 5.51. The summed E-state index contributed by atoms with van der Waals surface area (Å²) < 4.78 is 5.32. The van der Waals surface area contributed by atoms with Gasteiger partial charge in [-0.15, -0.1) is 0 Å². The maximum Gasteiger partial charge on any atom is 0.326 e. The second-order valence-electron chi connectivity index (χ2n) is 5.70. The molecule has 0 spiro atoms. The van der Waals surface area contributed by atoms with Gasteiger partial charge in [0.15, 0.2) is 6.23 Å². The van der Waals surface area contributed by atoms with E-state index in [1.807, 2.05) is 13.8 Å². The lowest BCUT2D eigenvalue weighted by Gasteiger charge is -2.34.